The van der Waals surface area contributed by atoms with Crippen molar-refractivity contribution in [3.8, 4) is 0 Å². The molecule has 0 saturated carbocycles. The van der Waals surface area contributed by atoms with Gasteiger partial charge in [-0.1, -0.05) is 42.7 Å². The Morgan fingerprint density at radius 3 is 2.50 bits per heavy atom. The Labute approximate surface area is 181 Å². The number of aryl methyl sites for hydroxylation is 1. The highest BCUT2D eigenvalue weighted by atomic mass is 35.5. The number of carbonyl (C=O) groups excluding carboxylic acids is 2. The van der Waals surface area contributed by atoms with Crippen LogP contribution in [0, 0.1) is 12.8 Å². The molecule has 8 heteroatoms. The van der Waals surface area contributed by atoms with Gasteiger partial charge in [0.05, 0.1) is 17.8 Å². The van der Waals surface area contributed by atoms with Gasteiger partial charge in [0, 0.05) is 24.1 Å². The van der Waals surface area contributed by atoms with Crippen molar-refractivity contribution in [1.29, 1.82) is 0 Å². The number of β-amino-alcohol motifs (C(OH)–C–C–N with tert-alkyl or cyclic N) is 1. The zero-order chi connectivity index (χ0) is 22.0. The molecule has 1 aromatic carbocycles. The summed E-state index contributed by atoms with van der Waals surface area (Å²) in [6.07, 6.45) is -0.551. The second-order valence-electron chi connectivity index (χ2n) is 8.27. The van der Waals surface area contributed by atoms with Gasteiger partial charge in [-0.3, -0.25) is 9.59 Å². The second kappa shape index (κ2) is 9.18. The van der Waals surface area contributed by atoms with Gasteiger partial charge in [0.2, 0.25) is 11.8 Å². The normalized spacial score (nSPS) is 21.0. The molecule has 30 heavy (non-hydrogen) atoms. The summed E-state index contributed by atoms with van der Waals surface area (Å²) in [5, 5.41) is 17.7. The van der Waals surface area contributed by atoms with Crippen molar-refractivity contribution >= 4 is 23.4 Å². The van der Waals surface area contributed by atoms with Crippen molar-refractivity contribution in [2.75, 3.05) is 6.54 Å². The number of nitrogens with zero attached hydrogens (tertiary/aromatic N) is 2. The summed E-state index contributed by atoms with van der Waals surface area (Å²) < 4.78 is 5.35. The summed E-state index contributed by atoms with van der Waals surface area (Å²) in [6.45, 7) is 7.62. The number of halogens is 1. The number of amides is 2. The van der Waals surface area contributed by atoms with Gasteiger partial charge < -0.3 is 19.8 Å². The fourth-order valence-electron chi connectivity index (χ4n) is 3.89. The lowest BCUT2D eigenvalue weighted by Crippen LogP contribution is -2.48. The lowest BCUT2D eigenvalue weighted by Gasteiger charge is -2.29. The van der Waals surface area contributed by atoms with Crippen molar-refractivity contribution in [2.45, 2.75) is 58.2 Å². The zero-order valence-electron chi connectivity index (χ0n) is 17.6. The molecule has 4 atom stereocenters. The SMILES string of the molecule is Cc1cc([C@H](C(=O)N2C[C@H](O)C[C@H]2C(=O)N[C@@H](C)c2ccc(Cl)cc2)C(C)C)on1. The standard InChI is InChI=1S/C22H28ClN3O4/c1-12(2)20(19-9-13(3)25-30-19)22(29)26-11-17(27)10-18(26)21(28)24-14(4)15-5-7-16(23)8-6-15/h5-9,12,14,17-18,20,27H,10-11H2,1-4H3,(H,24,28)/t14-,17+,18-,20+/m0/s1. The van der Waals surface area contributed by atoms with Gasteiger partial charge in [0.25, 0.3) is 0 Å². The highest BCUT2D eigenvalue weighted by Crippen LogP contribution is 2.31. The van der Waals surface area contributed by atoms with E-state index in [0.717, 1.165) is 5.56 Å². The van der Waals surface area contributed by atoms with Gasteiger partial charge in [-0.25, -0.2) is 0 Å². The molecule has 2 aromatic rings. The first-order chi connectivity index (χ1) is 14.2. The van der Waals surface area contributed by atoms with Gasteiger partial charge >= 0.3 is 0 Å². The molecule has 0 bridgehead atoms. The molecule has 1 aliphatic heterocycles. The summed E-state index contributed by atoms with van der Waals surface area (Å²) in [4.78, 5) is 27.9. The number of rotatable bonds is 6. The van der Waals surface area contributed by atoms with E-state index in [2.05, 4.69) is 10.5 Å². The van der Waals surface area contributed by atoms with Crippen LogP contribution in [-0.2, 0) is 9.59 Å². The van der Waals surface area contributed by atoms with Crippen LogP contribution in [0.4, 0.5) is 0 Å². The molecule has 2 amide bonds. The Hall–Kier alpha value is -2.38. The Bertz CT molecular complexity index is 896. The fourth-order valence-corrected chi connectivity index (χ4v) is 4.02. The summed E-state index contributed by atoms with van der Waals surface area (Å²) >= 11 is 5.93. The first-order valence-electron chi connectivity index (χ1n) is 10.1. The molecule has 2 heterocycles. The van der Waals surface area contributed by atoms with Gasteiger partial charge in [0.1, 0.15) is 17.7 Å². The van der Waals surface area contributed by atoms with E-state index in [-0.39, 0.29) is 36.7 Å². The minimum Gasteiger partial charge on any atom is -0.391 e. The minimum atomic E-state index is -0.750. The number of benzene rings is 1. The Kier molecular flexibility index (Phi) is 6.83. The second-order valence-corrected chi connectivity index (χ2v) is 8.71. The third kappa shape index (κ3) is 4.84. The van der Waals surface area contributed by atoms with Gasteiger partial charge in [0.15, 0.2) is 0 Å². The molecule has 0 spiro atoms. The highest BCUT2D eigenvalue weighted by Gasteiger charge is 2.43. The van der Waals surface area contributed by atoms with Crippen molar-refractivity contribution < 1.29 is 19.2 Å². The Morgan fingerprint density at radius 2 is 1.93 bits per heavy atom. The molecule has 162 valence electrons. The van der Waals surface area contributed by atoms with Crippen LogP contribution in [0.1, 0.15) is 56.2 Å². The van der Waals surface area contributed by atoms with Crippen molar-refractivity contribution in [3.63, 3.8) is 0 Å². The molecule has 2 N–H and O–H groups in total. The summed E-state index contributed by atoms with van der Waals surface area (Å²) in [5.74, 6) is -0.682. The van der Waals surface area contributed by atoms with E-state index >= 15 is 0 Å². The van der Waals surface area contributed by atoms with Gasteiger partial charge in [-0.15, -0.1) is 0 Å². The average Bonchev–Trinajstić information content (AvgIpc) is 3.27. The van der Waals surface area contributed by atoms with Crippen LogP contribution in [0.3, 0.4) is 0 Å². The Balaban J connectivity index is 1.77. The Morgan fingerprint density at radius 1 is 1.27 bits per heavy atom. The van der Waals surface area contributed by atoms with E-state index in [1.54, 1.807) is 25.1 Å². The van der Waals surface area contributed by atoms with E-state index in [1.165, 1.54) is 4.90 Å². The number of carbonyl (C=O) groups is 2. The molecule has 3 rings (SSSR count). The van der Waals surface area contributed by atoms with Crippen LogP contribution in [0.5, 0.6) is 0 Å². The van der Waals surface area contributed by atoms with E-state index in [9.17, 15) is 14.7 Å². The number of aliphatic hydroxyl groups is 1. The van der Waals surface area contributed by atoms with Gasteiger partial charge in [-0.05, 0) is 37.5 Å². The summed E-state index contributed by atoms with van der Waals surface area (Å²) in [6, 6.07) is 7.96. The van der Waals surface area contributed by atoms with Crippen LogP contribution < -0.4 is 5.32 Å². The molecular formula is C22H28ClN3O4. The van der Waals surface area contributed by atoms with Crippen molar-refractivity contribution in [2.24, 2.45) is 5.92 Å². The van der Waals surface area contributed by atoms with Crippen LogP contribution >= 0.6 is 11.6 Å². The number of hydrogen-bond acceptors (Lipinski definition) is 5. The van der Waals surface area contributed by atoms with Crippen molar-refractivity contribution in [1.82, 2.24) is 15.4 Å². The van der Waals surface area contributed by atoms with Crippen molar-refractivity contribution in [3.05, 3.63) is 52.4 Å². The number of aromatic nitrogens is 1. The fraction of sp³-hybridized carbons (Fsp3) is 0.500. The number of nitrogens with one attached hydrogen (secondary N) is 1. The molecular weight excluding hydrogens is 406 g/mol. The predicted molar refractivity (Wildman–Crippen MR) is 113 cm³/mol. The number of aliphatic hydroxyl groups excluding tert-OH is 1. The zero-order valence-corrected chi connectivity index (χ0v) is 18.4. The van der Waals surface area contributed by atoms with E-state index in [4.69, 9.17) is 16.1 Å². The molecule has 0 radical (unpaired) electrons. The monoisotopic (exact) mass is 433 g/mol. The molecule has 0 aliphatic carbocycles. The van der Waals surface area contributed by atoms with Gasteiger partial charge in [-0.2, -0.15) is 0 Å². The summed E-state index contributed by atoms with van der Waals surface area (Å²) in [5.41, 5.74) is 1.59. The lowest BCUT2D eigenvalue weighted by atomic mass is 9.91. The molecule has 1 fully saturated rings. The maximum atomic E-state index is 13.4. The molecule has 1 saturated heterocycles. The third-order valence-corrected chi connectivity index (χ3v) is 5.73. The lowest BCUT2D eigenvalue weighted by molar-refractivity contribution is -0.141. The quantitative estimate of drug-likeness (QED) is 0.729. The average molecular weight is 434 g/mol. The van der Waals surface area contributed by atoms with E-state index in [0.29, 0.717) is 16.5 Å². The van der Waals surface area contributed by atoms with Crippen LogP contribution in [0.2, 0.25) is 5.02 Å². The molecule has 7 nitrogen and oxygen atoms in total. The maximum Gasteiger partial charge on any atom is 0.243 e. The topological polar surface area (TPSA) is 95.7 Å². The third-order valence-electron chi connectivity index (χ3n) is 5.48. The largest absolute Gasteiger partial charge is 0.391 e. The number of likely N-dealkylation sites (tertiary alicyclic amines) is 1. The molecule has 0 unspecified atom stereocenters. The predicted octanol–water partition coefficient (Wildman–Crippen LogP) is 3.22. The molecule has 1 aliphatic rings. The van der Waals surface area contributed by atoms with Crippen LogP contribution in [0.25, 0.3) is 0 Å². The van der Waals surface area contributed by atoms with Crippen LogP contribution in [-0.4, -0.2) is 45.7 Å². The number of hydrogen-bond donors (Lipinski definition) is 2. The smallest absolute Gasteiger partial charge is 0.243 e. The highest BCUT2D eigenvalue weighted by molar-refractivity contribution is 6.30. The van der Waals surface area contributed by atoms with E-state index in [1.807, 2.05) is 32.9 Å². The van der Waals surface area contributed by atoms with E-state index < -0.39 is 18.1 Å². The maximum absolute atomic E-state index is 13.4. The van der Waals surface area contributed by atoms with Crippen LogP contribution in [0.15, 0.2) is 34.9 Å². The summed E-state index contributed by atoms with van der Waals surface area (Å²) in [7, 11) is 0. The molecule has 1 aromatic heterocycles. The first-order valence-corrected chi connectivity index (χ1v) is 10.5. The minimum absolute atomic E-state index is 0.0562. The first kappa shape index (κ1) is 22.3.